The summed E-state index contributed by atoms with van der Waals surface area (Å²) in [5, 5.41) is 10.5. The highest BCUT2D eigenvalue weighted by Crippen LogP contribution is 2.34. The van der Waals surface area contributed by atoms with E-state index in [4.69, 9.17) is 9.47 Å². The fraction of sp³-hybridized carbons (Fsp3) is 0.550. The molecule has 0 atom stereocenters. The summed E-state index contributed by atoms with van der Waals surface area (Å²) < 4.78 is 13.3. The second-order valence-electron chi connectivity index (χ2n) is 6.34. The average molecular weight is 347 g/mol. The molecule has 0 spiro atoms. The number of phenols is 1. The largest absolute Gasteiger partial charge is 0.508 e. The second-order valence-corrected chi connectivity index (χ2v) is 6.34. The van der Waals surface area contributed by atoms with Crippen molar-refractivity contribution in [2.24, 2.45) is 7.05 Å². The number of pyridine rings is 1. The molecule has 138 valence electrons. The third kappa shape index (κ3) is 4.68. The summed E-state index contributed by atoms with van der Waals surface area (Å²) in [5.74, 6) is 0.880. The number of ether oxygens (including phenoxy) is 2. The van der Waals surface area contributed by atoms with Crippen molar-refractivity contribution < 1.29 is 14.6 Å². The van der Waals surface area contributed by atoms with E-state index < -0.39 is 0 Å². The van der Waals surface area contributed by atoms with Crippen LogP contribution in [0.25, 0.3) is 10.9 Å². The first-order chi connectivity index (χ1) is 12.1. The molecule has 0 amide bonds. The van der Waals surface area contributed by atoms with Crippen LogP contribution in [0.15, 0.2) is 23.0 Å². The topological polar surface area (TPSA) is 60.7 Å². The molecule has 1 aromatic heterocycles. The Morgan fingerprint density at radius 1 is 0.960 bits per heavy atom. The van der Waals surface area contributed by atoms with E-state index in [1.165, 1.54) is 4.57 Å². The molecule has 0 fully saturated rings. The van der Waals surface area contributed by atoms with Crippen LogP contribution in [0.4, 0.5) is 0 Å². The normalized spacial score (nSPS) is 11.0. The van der Waals surface area contributed by atoms with Gasteiger partial charge < -0.3 is 19.1 Å². The maximum absolute atomic E-state index is 12.7. The Kier molecular flexibility index (Phi) is 7.16. The lowest BCUT2D eigenvalue weighted by atomic mass is 10.1. The number of aromatic hydroxyl groups is 1. The quantitative estimate of drug-likeness (QED) is 0.648. The minimum Gasteiger partial charge on any atom is -0.508 e. The van der Waals surface area contributed by atoms with E-state index in [-0.39, 0.29) is 17.1 Å². The van der Waals surface area contributed by atoms with Gasteiger partial charge in [-0.3, -0.25) is 4.79 Å². The van der Waals surface area contributed by atoms with Crippen molar-refractivity contribution >= 4 is 10.9 Å². The molecular weight excluding hydrogens is 318 g/mol. The number of aryl methyl sites for hydroxylation is 1. The van der Waals surface area contributed by atoms with E-state index in [9.17, 15) is 9.90 Å². The van der Waals surface area contributed by atoms with Crippen molar-refractivity contribution in [3.63, 3.8) is 0 Å². The van der Waals surface area contributed by atoms with E-state index in [1.807, 2.05) is 0 Å². The van der Waals surface area contributed by atoms with Crippen LogP contribution in [0, 0.1) is 0 Å². The van der Waals surface area contributed by atoms with Crippen molar-refractivity contribution in [2.45, 2.75) is 52.4 Å². The van der Waals surface area contributed by atoms with E-state index in [0.717, 1.165) is 43.9 Å². The van der Waals surface area contributed by atoms with E-state index in [1.54, 1.807) is 25.2 Å². The van der Waals surface area contributed by atoms with Gasteiger partial charge >= 0.3 is 0 Å². The molecule has 0 unspecified atom stereocenters. The maximum atomic E-state index is 12.7. The Morgan fingerprint density at radius 3 is 2.36 bits per heavy atom. The SMILES string of the molecule is CCCCCCOc1c(OCCCC)c2ccc(O)cc2n(C)c1=O. The molecule has 25 heavy (non-hydrogen) atoms. The van der Waals surface area contributed by atoms with Crippen LogP contribution in [0.2, 0.25) is 0 Å². The number of nitrogens with zero attached hydrogens (tertiary/aromatic N) is 1. The van der Waals surface area contributed by atoms with Gasteiger partial charge in [-0.25, -0.2) is 0 Å². The summed E-state index contributed by atoms with van der Waals surface area (Å²) in [6.45, 7) is 5.29. The molecule has 5 nitrogen and oxygen atoms in total. The fourth-order valence-electron chi connectivity index (χ4n) is 2.76. The molecule has 2 rings (SSSR count). The van der Waals surface area contributed by atoms with Gasteiger partial charge in [0.25, 0.3) is 5.56 Å². The van der Waals surface area contributed by atoms with Crippen LogP contribution in [-0.4, -0.2) is 22.9 Å². The van der Waals surface area contributed by atoms with E-state index in [0.29, 0.717) is 24.5 Å². The Bertz CT molecular complexity index is 751. The molecular formula is C20H29NO4. The first kappa shape index (κ1) is 19.2. The van der Waals surface area contributed by atoms with Crippen LogP contribution < -0.4 is 15.0 Å². The Hall–Kier alpha value is -2.17. The van der Waals surface area contributed by atoms with Gasteiger partial charge in [-0.15, -0.1) is 0 Å². The van der Waals surface area contributed by atoms with Gasteiger partial charge in [-0.05, 0) is 25.0 Å². The number of phenolic OH excluding ortho intramolecular Hbond substituents is 1. The molecule has 0 radical (unpaired) electrons. The molecule has 0 saturated carbocycles. The zero-order chi connectivity index (χ0) is 18.2. The first-order valence-electron chi connectivity index (χ1n) is 9.21. The predicted octanol–water partition coefficient (Wildman–Crippen LogP) is 4.38. The lowest BCUT2D eigenvalue weighted by Gasteiger charge is -2.17. The zero-order valence-corrected chi connectivity index (χ0v) is 15.5. The number of hydrogen-bond acceptors (Lipinski definition) is 4. The summed E-state index contributed by atoms with van der Waals surface area (Å²) in [4.78, 5) is 12.7. The van der Waals surface area contributed by atoms with E-state index >= 15 is 0 Å². The van der Waals surface area contributed by atoms with Gasteiger partial charge in [0.15, 0.2) is 5.75 Å². The summed E-state index contributed by atoms with van der Waals surface area (Å²) in [5.41, 5.74) is 0.398. The average Bonchev–Trinajstić information content (AvgIpc) is 2.61. The van der Waals surface area contributed by atoms with Gasteiger partial charge in [-0.2, -0.15) is 0 Å². The summed E-state index contributed by atoms with van der Waals surface area (Å²) in [6.07, 6.45) is 6.25. The third-order valence-corrected chi connectivity index (χ3v) is 4.28. The van der Waals surface area contributed by atoms with Crippen molar-refractivity contribution in [1.29, 1.82) is 0 Å². The van der Waals surface area contributed by atoms with Crippen LogP contribution in [-0.2, 0) is 7.05 Å². The first-order valence-corrected chi connectivity index (χ1v) is 9.21. The molecule has 2 aromatic rings. The van der Waals surface area contributed by atoms with Crippen LogP contribution >= 0.6 is 0 Å². The van der Waals surface area contributed by atoms with Gasteiger partial charge in [0.05, 0.1) is 18.7 Å². The highest BCUT2D eigenvalue weighted by Gasteiger charge is 2.18. The van der Waals surface area contributed by atoms with Crippen molar-refractivity contribution in [2.75, 3.05) is 13.2 Å². The van der Waals surface area contributed by atoms with Crippen LogP contribution in [0.1, 0.15) is 52.4 Å². The van der Waals surface area contributed by atoms with Crippen molar-refractivity contribution in [3.8, 4) is 17.2 Å². The molecule has 1 heterocycles. The molecule has 0 aliphatic rings. The molecule has 5 heteroatoms. The van der Waals surface area contributed by atoms with Crippen LogP contribution in [0.3, 0.4) is 0 Å². The smallest absolute Gasteiger partial charge is 0.297 e. The summed E-state index contributed by atoms with van der Waals surface area (Å²) >= 11 is 0. The fourth-order valence-corrected chi connectivity index (χ4v) is 2.76. The third-order valence-electron chi connectivity index (χ3n) is 4.28. The van der Waals surface area contributed by atoms with Crippen molar-refractivity contribution in [3.05, 3.63) is 28.6 Å². The minimum absolute atomic E-state index is 0.121. The number of aromatic nitrogens is 1. The maximum Gasteiger partial charge on any atom is 0.297 e. The van der Waals surface area contributed by atoms with Gasteiger partial charge in [0.2, 0.25) is 5.75 Å². The standard InChI is InChI=1S/C20H29NO4/c1-4-6-8-9-13-25-19-18(24-12-7-5-2)16-11-10-15(22)14-17(16)21(3)20(19)23/h10-11,14,22H,4-9,12-13H2,1-3H3. The monoisotopic (exact) mass is 347 g/mol. The lowest BCUT2D eigenvalue weighted by Crippen LogP contribution is -2.21. The number of hydrogen-bond donors (Lipinski definition) is 1. The van der Waals surface area contributed by atoms with Crippen molar-refractivity contribution in [1.82, 2.24) is 4.57 Å². The Labute approximate surface area is 149 Å². The van der Waals surface area contributed by atoms with Gasteiger partial charge in [-0.1, -0.05) is 39.5 Å². The predicted molar refractivity (Wildman–Crippen MR) is 101 cm³/mol. The van der Waals surface area contributed by atoms with E-state index in [2.05, 4.69) is 13.8 Å². The highest BCUT2D eigenvalue weighted by molar-refractivity contribution is 5.88. The molecule has 1 aromatic carbocycles. The Morgan fingerprint density at radius 2 is 1.64 bits per heavy atom. The number of fused-ring (bicyclic) bond motifs is 1. The molecule has 0 aliphatic heterocycles. The lowest BCUT2D eigenvalue weighted by molar-refractivity contribution is 0.258. The van der Waals surface area contributed by atoms with Gasteiger partial charge in [0.1, 0.15) is 5.75 Å². The molecule has 0 aliphatic carbocycles. The van der Waals surface area contributed by atoms with Crippen LogP contribution in [0.5, 0.6) is 17.2 Å². The number of unbranched alkanes of at least 4 members (excludes halogenated alkanes) is 4. The molecule has 0 bridgehead atoms. The highest BCUT2D eigenvalue weighted by atomic mass is 16.5. The van der Waals surface area contributed by atoms with Gasteiger partial charge in [0, 0.05) is 18.5 Å². The minimum atomic E-state index is -0.236. The number of benzene rings is 1. The summed E-state index contributed by atoms with van der Waals surface area (Å²) in [6, 6.07) is 4.95. The number of rotatable bonds is 10. The molecule has 1 N–H and O–H groups in total. The zero-order valence-electron chi connectivity index (χ0n) is 15.5. The molecule has 0 saturated heterocycles. The second kappa shape index (κ2) is 9.35. The summed E-state index contributed by atoms with van der Waals surface area (Å²) in [7, 11) is 1.68. The Balaban J connectivity index is 2.38.